The van der Waals surface area contributed by atoms with Crippen LogP contribution < -0.4 is 4.90 Å². The Morgan fingerprint density at radius 2 is 1.69 bits per heavy atom. The largest absolute Gasteiger partial charge is 0.352 e. The SMILES string of the molecule is CC(C)(C)C(=O)[C@H]1[C@H](c2cccnc2)C2(C(=O)c3ccccc3C2=O)C2C=Cc3cc(Cl)ccc3N21. The maximum atomic E-state index is 14.4. The van der Waals surface area contributed by atoms with Gasteiger partial charge < -0.3 is 4.90 Å². The van der Waals surface area contributed by atoms with Gasteiger partial charge in [0.15, 0.2) is 17.3 Å². The van der Waals surface area contributed by atoms with Crippen LogP contribution in [0.25, 0.3) is 6.08 Å². The first-order valence-corrected chi connectivity index (χ1v) is 12.4. The molecule has 3 aliphatic rings. The lowest BCUT2D eigenvalue weighted by atomic mass is 9.63. The van der Waals surface area contributed by atoms with Crippen molar-refractivity contribution in [2.45, 2.75) is 38.8 Å². The topological polar surface area (TPSA) is 67.3 Å². The molecule has 6 rings (SSSR count). The number of rotatable bonds is 2. The van der Waals surface area contributed by atoms with E-state index in [1.165, 1.54) is 0 Å². The maximum Gasteiger partial charge on any atom is 0.180 e. The predicted octanol–water partition coefficient (Wildman–Crippen LogP) is 5.78. The van der Waals surface area contributed by atoms with Gasteiger partial charge in [-0.05, 0) is 35.4 Å². The van der Waals surface area contributed by atoms with Gasteiger partial charge in [0.05, 0.1) is 12.1 Å². The molecule has 0 N–H and O–H groups in total. The first-order valence-electron chi connectivity index (χ1n) is 12.1. The first-order chi connectivity index (χ1) is 17.2. The quantitative estimate of drug-likeness (QED) is 0.420. The lowest BCUT2D eigenvalue weighted by Crippen LogP contribution is -2.49. The normalized spacial score (nSPS) is 23.6. The van der Waals surface area contributed by atoms with Crippen molar-refractivity contribution < 1.29 is 14.4 Å². The molecule has 0 saturated carbocycles. The Morgan fingerprint density at radius 1 is 1.00 bits per heavy atom. The number of halogens is 1. The molecule has 1 aromatic heterocycles. The summed E-state index contributed by atoms with van der Waals surface area (Å²) in [7, 11) is 0. The third-order valence-electron chi connectivity index (χ3n) is 7.82. The summed E-state index contributed by atoms with van der Waals surface area (Å²) in [5.41, 5.74) is 0.956. The predicted molar refractivity (Wildman–Crippen MR) is 140 cm³/mol. The second kappa shape index (κ2) is 7.71. The summed E-state index contributed by atoms with van der Waals surface area (Å²) in [5, 5.41) is 0.577. The Hall–Kier alpha value is -3.57. The Morgan fingerprint density at radius 3 is 2.31 bits per heavy atom. The number of ketones is 3. The van der Waals surface area contributed by atoms with Crippen molar-refractivity contribution in [2.75, 3.05) is 4.90 Å². The van der Waals surface area contributed by atoms with Crippen molar-refractivity contribution in [2.24, 2.45) is 10.8 Å². The molecule has 6 heteroatoms. The highest BCUT2D eigenvalue weighted by Gasteiger charge is 2.72. The van der Waals surface area contributed by atoms with Crippen LogP contribution in [0.4, 0.5) is 5.69 Å². The Bertz CT molecular complexity index is 1440. The number of pyridine rings is 1. The molecule has 180 valence electrons. The van der Waals surface area contributed by atoms with E-state index in [9.17, 15) is 14.4 Å². The van der Waals surface area contributed by atoms with E-state index in [0.717, 1.165) is 11.3 Å². The molecule has 2 aromatic carbocycles. The van der Waals surface area contributed by atoms with E-state index < -0.39 is 28.8 Å². The standard InChI is InChI=1S/C30H25ClN2O3/c1-29(2,3)28(36)25-24(18-7-6-14-32-16-18)30(26(34)20-8-4-5-9-21(20)27(30)35)23-13-10-17-15-19(31)11-12-22(17)33(23)25/h4-16,23-25H,1-3H3/t23?,24-,25+/m0/s1. The molecular formula is C30H25ClN2O3. The van der Waals surface area contributed by atoms with E-state index >= 15 is 0 Å². The van der Waals surface area contributed by atoms with E-state index in [0.29, 0.717) is 21.7 Å². The van der Waals surface area contributed by atoms with Gasteiger partial charge in [0.1, 0.15) is 5.41 Å². The molecule has 1 fully saturated rings. The number of carbonyl (C=O) groups excluding carboxylic acids is 3. The van der Waals surface area contributed by atoms with Gasteiger partial charge in [-0.1, -0.05) is 74.9 Å². The van der Waals surface area contributed by atoms with Crippen LogP contribution in [0.1, 0.15) is 58.5 Å². The average Bonchev–Trinajstić information content (AvgIpc) is 3.29. The van der Waals surface area contributed by atoms with Crippen LogP contribution in [0.3, 0.4) is 0 Å². The summed E-state index contributed by atoms with van der Waals surface area (Å²) in [6, 6.07) is 14.8. The van der Waals surface area contributed by atoms with Crippen LogP contribution in [-0.2, 0) is 4.79 Å². The number of anilines is 1. The van der Waals surface area contributed by atoms with Gasteiger partial charge in [-0.15, -0.1) is 0 Å². The van der Waals surface area contributed by atoms with E-state index in [4.69, 9.17) is 11.6 Å². The van der Waals surface area contributed by atoms with Gasteiger partial charge in [0.25, 0.3) is 0 Å². The van der Waals surface area contributed by atoms with Crippen LogP contribution in [0.2, 0.25) is 5.02 Å². The Kier molecular flexibility index (Phi) is 4.90. The van der Waals surface area contributed by atoms with E-state index in [1.54, 1.807) is 48.8 Å². The second-order valence-corrected chi connectivity index (χ2v) is 11.2. The van der Waals surface area contributed by atoms with Crippen LogP contribution >= 0.6 is 11.6 Å². The van der Waals surface area contributed by atoms with Crippen LogP contribution in [-0.4, -0.2) is 34.4 Å². The number of benzene rings is 2. The van der Waals surface area contributed by atoms with Crippen molar-refractivity contribution in [3.05, 3.63) is 100 Å². The third kappa shape index (κ3) is 2.89. The molecule has 2 aliphatic heterocycles. The van der Waals surface area contributed by atoms with Gasteiger partial charge in [0, 0.05) is 45.6 Å². The lowest BCUT2D eigenvalue weighted by Gasteiger charge is -2.38. The van der Waals surface area contributed by atoms with Gasteiger partial charge in [-0.3, -0.25) is 19.4 Å². The highest BCUT2D eigenvalue weighted by atomic mass is 35.5. The molecule has 0 amide bonds. The van der Waals surface area contributed by atoms with Gasteiger partial charge in [-0.2, -0.15) is 0 Å². The zero-order valence-electron chi connectivity index (χ0n) is 20.2. The van der Waals surface area contributed by atoms with Gasteiger partial charge in [-0.25, -0.2) is 0 Å². The molecular weight excluding hydrogens is 472 g/mol. The third-order valence-corrected chi connectivity index (χ3v) is 8.05. The lowest BCUT2D eigenvalue weighted by molar-refractivity contribution is -0.127. The fourth-order valence-corrected chi connectivity index (χ4v) is 6.51. The summed E-state index contributed by atoms with van der Waals surface area (Å²) in [4.78, 5) is 49.4. The van der Waals surface area contributed by atoms with Gasteiger partial charge in [0.2, 0.25) is 0 Å². The Balaban J connectivity index is 1.70. The Labute approximate surface area is 214 Å². The minimum Gasteiger partial charge on any atom is -0.352 e. The minimum atomic E-state index is -1.49. The average molecular weight is 497 g/mol. The minimum absolute atomic E-state index is 0.0361. The zero-order valence-corrected chi connectivity index (χ0v) is 21.0. The van der Waals surface area contributed by atoms with Crippen molar-refractivity contribution in [1.29, 1.82) is 0 Å². The van der Waals surface area contributed by atoms with Crippen molar-refractivity contribution in [3.8, 4) is 0 Å². The summed E-state index contributed by atoms with van der Waals surface area (Å²) >= 11 is 6.31. The van der Waals surface area contributed by atoms with Crippen molar-refractivity contribution in [3.63, 3.8) is 0 Å². The number of nitrogens with zero attached hydrogens (tertiary/aromatic N) is 2. The molecule has 3 atom stereocenters. The van der Waals surface area contributed by atoms with E-state index in [-0.39, 0.29) is 17.3 Å². The molecule has 0 bridgehead atoms. The molecule has 5 nitrogen and oxygen atoms in total. The second-order valence-electron chi connectivity index (χ2n) is 10.8. The summed E-state index contributed by atoms with van der Waals surface area (Å²) in [6.45, 7) is 5.64. The number of fused-ring (bicyclic) bond motifs is 5. The number of aromatic nitrogens is 1. The number of Topliss-reactive ketones (excluding diaryl/α,β-unsaturated/α-hetero) is 3. The zero-order chi connectivity index (χ0) is 25.4. The number of hydrogen-bond donors (Lipinski definition) is 0. The summed E-state index contributed by atoms with van der Waals surface area (Å²) in [5.74, 6) is -1.23. The van der Waals surface area contributed by atoms with E-state index in [2.05, 4.69) is 4.98 Å². The number of hydrogen-bond acceptors (Lipinski definition) is 5. The molecule has 1 unspecified atom stereocenters. The molecule has 1 spiro atoms. The molecule has 3 aromatic rings. The van der Waals surface area contributed by atoms with Gasteiger partial charge >= 0.3 is 0 Å². The highest BCUT2D eigenvalue weighted by Crippen LogP contribution is 2.61. The summed E-state index contributed by atoms with van der Waals surface area (Å²) in [6.07, 6.45) is 7.16. The van der Waals surface area contributed by atoms with Crippen molar-refractivity contribution in [1.82, 2.24) is 4.98 Å². The fourth-order valence-electron chi connectivity index (χ4n) is 6.32. The molecule has 0 radical (unpaired) electrons. The van der Waals surface area contributed by atoms with Crippen LogP contribution in [0, 0.1) is 10.8 Å². The van der Waals surface area contributed by atoms with Crippen molar-refractivity contribution >= 4 is 40.7 Å². The first kappa shape index (κ1) is 22.9. The number of carbonyl (C=O) groups is 3. The van der Waals surface area contributed by atoms with Crippen LogP contribution in [0.15, 0.2) is 73.1 Å². The maximum absolute atomic E-state index is 14.4. The summed E-state index contributed by atoms with van der Waals surface area (Å²) < 4.78 is 0. The fraction of sp³-hybridized carbons (Fsp3) is 0.267. The molecule has 3 heterocycles. The smallest absolute Gasteiger partial charge is 0.180 e. The molecule has 1 saturated heterocycles. The molecule has 1 aliphatic carbocycles. The van der Waals surface area contributed by atoms with Crippen LogP contribution in [0.5, 0.6) is 0 Å². The highest BCUT2D eigenvalue weighted by molar-refractivity contribution is 6.32. The monoisotopic (exact) mass is 496 g/mol. The van der Waals surface area contributed by atoms with E-state index in [1.807, 2.05) is 56.0 Å². The molecule has 36 heavy (non-hydrogen) atoms.